The number of aryl methyl sites for hydroxylation is 1. The molecule has 0 spiro atoms. The lowest BCUT2D eigenvalue weighted by Crippen LogP contribution is -2.49. The zero-order valence-electron chi connectivity index (χ0n) is 10.5. The molecule has 1 aliphatic heterocycles. The van der Waals surface area contributed by atoms with E-state index in [1.165, 1.54) is 16.4 Å². The molecule has 7 heteroatoms. The van der Waals surface area contributed by atoms with Gasteiger partial charge in [0.1, 0.15) is 5.82 Å². The number of hydrogen-bond donors (Lipinski definition) is 0. The Morgan fingerprint density at radius 1 is 1.53 bits per heavy atom. The maximum Gasteiger partial charge on any atom is 0.243 e. The van der Waals surface area contributed by atoms with Gasteiger partial charge in [0.05, 0.1) is 24.2 Å². The second-order valence-electron chi connectivity index (χ2n) is 4.41. The molecule has 1 aliphatic rings. The Hall–Kier alpha value is -0.500. The molecule has 1 aromatic carbocycles. The summed E-state index contributed by atoms with van der Waals surface area (Å²) in [6, 6.07) is 3.55. The Morgan fingerprint density at radius 3 is 2.95 bits per heavy atom. The summed E-state index contributed by atoms with van der Waals surface area (Å²) >= 11 is 3.29. The van der Waals surface area contributed by atoms with Gasteiger partial charge < -0.3 is 4.74 Å². The molecule has 106 valence electrons. The summed E-state index contributed by atoms with van der Waals surface area (Å²) in [5, 5.41) is 0.487. The minimum Gasteiger partial charge on any atom is -0.378 e. The zero-order valence-corrected chi connectivity index (χ0v) is 12.9. The van der Waals surface area contributed by atoms with Crippen molar-refractivity contribution in [2.24, 2.45) is 0 Å². The van der Waals surface area contributed by atoms with Crippen LogP contribution in [0.15, 0.2) is 23.1 Å². The summed E-state index contributed by atoms with van der Waals surface area (Å²) in [4.78, 5) is 0.0281. The van der Waals surface area contributed by atoms with E-state index in [4.69, 9.17) is 4.74 Å². The monoisotopic (exact) mass is 351 g/mol. The molecule has 1 heterocycles. The van der Waals surface area contributed by atoms with E-state index >= 15 is 0 Å². The summed E-state index contributed by atoms with van der Waals surface area (Å²) in [5.41, 5.74) is 0.543. The number of benzene rings is 1. The van der Waals surface area contributed by atoms with Gasteiger partial charge in [-0.05, 0) is 24.6 Å². The standard InChI is InChI=1S/C12H15BrFNO3S/c1-9-2-3-10(14)6-12(9)19(16,17)15-4-5-18-8-11(15)7-13/h2-3,6,11H,4-5,7-8H2,1H3. The van der Waals surface area contributed by atoms with Crippen LogP contribution in [-0.2, 0) is 14.8 Å². The first-order valence-electron chi connectivity index (χ1n) is 5.88. The van der Waals surface area contributed by atoms with Crippen molar-refractivity contribution < 1.29 is 17.5 Å². The van der Waals surface area contributed by atoms with E-state index in [-0.39, 0.29) is 17.5 Å². The number of hydrogen-bond acceptors (Lipinski definition) is 3. The third-order valence-electron chi connectivity index (χ3n) is 3.09. The average molecular weight is 352 g/mol. The number of sulfonamides is 1. The Kier molecular flexibility index (Phi) is 4.60. The number of alkyl halides is 1. The summed E-state index contributed by atoms with van der Waals surface area (Å²) in [5.74, 6) is -0.548. The van der Waals surface area contributed by atoms with Gasteiger partial charge in [-0.2, -0.15) is 4.31 Å². The summed E-state index contributed by atoms with van der Waals surface area (Å²) in [7, 11) is -3.69. The van der Waals surface area contributed by atoms with Crippen molar-refractivity contribution in [3.63, 3.8) is 0 Å². The third kappa shape index (κ3) is 2.99. The number of halogens is 2. The van der Waals surface area contributed by atoms with Crippen LogP contribution in [0.4, 0.5) is 4.39 Å². The van der Waals surface area contributed by atoms with Crippen molar-refractivity contribution in [3.05, 3.63) is 29.6 Å². The predicted molar refractivity (Wildman–Crippen MR) is 73.4 cm³/mol. The van der Waals surface area contributed by atoms with Gasteiger partial charge >= 0.3 is 0 Å². The average Bonchev–Trinajstić information content (AvgIpc) is 2.41. The molecule has 1 fully saturated rings. The fourth-order valence-electron chi connectivity index (χ4n) is 2.06. The number of rotatable bonds is 3. The second-order valence-corrected chi connectivity index (χ2v) is 6.92. The minimum atomic E-state index is -3.69. The molecule has 1 atom stereocenters. The Bertz CT molecular complexity index is 564. The van der Waals surface area contributed by atoms with Crippen LogP contribution >= 0.6 is 15.9 Å². The summed E-state index contributed by atoms with van der Waals surface area (Å²) in [6.45, 7) is 2.65. The molecule has 2 rings (SSSR count). The van der Waals surface area contributed by atoms with Crippen molar-refractivity contribution in [1.29, 1.82) is 0 Å². The second kappa shape index (κ2) is 5.87. The first-order valence-corrected chi connectivity index (χ1v) is 8.44. The van der Waals surface area contributed by atoms with E-state index in [0.717, 1.165) is 6.07 Å². The molecule has 0 aliphatic carbocycles. The number of morpholine rings is 1. The Morgan fingerprint density at radius 2 is 2.26 bits per heavy atom. The van der Waals surface area contributed by atoms with E-state index in [1.807, 2.05) is 0 Å². The molecule has 0 saturated carbocycles. The number of ether oxygens (including phenoxy) is 1. The summed E-state index contributed by atoms with van der Waals surface area (Å²) in [6.07, 6.45) is 0. The highest BCUT2D eigenvalue weighted by Gasteiger charge is 2.34. The van der Waals surface area contributed by atoms with Crippen LogP contribution in [0.5, 0.6) is 0 Å². The van der Waals surface area contributed by atoms with Gasteiger partial charge in [-0.25, -0.2) is 12.8 Å². The fourth-order valence-corrected chi connectivity index (χ4v) is 4.62. The SMILES string of the molecule is Cc1ccc(F)cc1S(=O)(=O)N1CCOCC1CBr. The Balaban J connectivity index is 2.43. The molecule has 1 saturated heterocycles. The van der Waals surface area contributed by atoms with Crippen molar-refractivity contribution in [2.75, 3.05) is 25.1 Å². The molecule has 1 unspecified atom stereocenters. The van der Waals surface area contributed by atoms with Crippen LogP contribution in [0.1, 0.15) is 5.56 Å². The summed E-state index contributed by atoms with van der Waals surface area (Å²) < 4.78 is 45.2. The van der Waals surface area contributed by atoms with Gasteiger partial charge in [-0.1, -0.05) is 22.0 Å². The van der Waals surface area contributed by atoms with E-state index in [0.29, 0.717) is 24.1 Å². The van der Waals surface area contributed by atoms with Gasteiger partial charge in [0.2, 0.25) is 10.0 Å². The van der Waals surface area contributed by atoms with Crippen LogP contribution in [-0.4, -0.2) is 43.9 Å². The zero-order chi connectivity index (χ0) is 14.0. The molecule has 4 nitrogen and oxygen atoms in total. The topological polar surface area (TPSA) is 46.6 Å². The fraction of sp³-hybridized carbons (Fsp3) is 0.500. The van der Waals surface area contributed by atoms with Crippen molar-refractivity contribution in [1.82, 2.24) is 4.31 Å². The van der Waals surface area contributed by atoms with Gasteiger partial charge in [-0.3, -0.25) is 0 Å². The van der Waals surface area contributed by atoms with Gasteiger partial charge in [0, 0.05) is 11.9 Å². The third-order valence-corrected chi connectivity index (χ3v) is 5.93. The smallest absolute Gasteiger partial charge is 0.243 e. The molecule has 0 amide bonds. The minimum absolute atomic E-state index is 0.0281. The molecular formula is C12H15BrFNO3S. The van der Waals surface area contributed by atoms with E-state index in [2.05, 4.69) is 15.9 Å². The highest BCUT2D eigenvalue weighted by molar-refractivity contribution is 9.09. The molecule has 1 aromatic rings. The predicted octanol–water partition coefficient (Wildman–Crippen LogP) is 1.92. The maximum absolute atomic E-state index is 13.3. The normalized spacial score (nSPS) is 21.5. The molecular weight excluding hydrogens is 337 g/mol. The van der Waals surface area contributed by atoms with Gasteiger partial charge in [0.15, 0.2) is 0 Å². The first-order chi connectivity index (χ1) is 8.96. The van der Waals surface area contributed by atoms with Gasteiger partial charge in [0.25, 0.3) is 0 Å². The van der Waals surface area contributed by atoms with Crippen LogP contribution in [0.3, 0.4) is 0 Å². The highest BCUT2D eigenvalue weighted by atomic mass is 79.9. The van der Waals surface area contributed by atoms with E-state index in [9.17, 15) is 12.8 Å². The van der Waals surface area contributed by atoms with Gasteiger partial charge in [-0.15, -0.1) is 0 Å². The van der Waals surface area contributed by atoms with Crippen LogP contribution in [0.25, 0.3) is 0 Å². The van der Waals surface area contributed by atoms with E-state index in [1.54, 1.807) is 6.92 Å². The Labute approximate surface area is 120 Å². The lowest BCUT2D eigenvalue weighted by Gasteiger charge is -2.33. The first kappa shape index (κ1) is 14.9. The van der Waals surface area contributed by atoms with Crippen molar-refractivity contribution in [2.45, 2.75) is 17.9 Å². The van der Waals surface area contributed by atoms with Crippen LogP contribution < -0.4 is 0 Å². The quantitative estimate of drug-likeness (QED) is 0.781. The lowest BCUT2D eigenvalue weighted by atomic mass is 10.2. The molecule has 0 bridgehead atoms. The van der Waals surface area contributed by atoms with Crippen molar-refractivity contribution in [3.8, 4) is 0 Å². The van der Waals surface area contributed by atoms with Crippen molar-refractivity contribution >= 4 is 26.0 Å². The lowest BCUT2D eigenvalue weighted by molar-refractivity contribution is 0.0413. The van der Waals surface area contributed by atoms with Crippen LogP contribution in [0.2, 0.25) is 0 Å². The molecule has 0 radical (unpaired) electrons. The maximum atomic E-state index is 13.3. The molecule has 0 aromatic heterocycles. The largest absolute Gasteiger partial charge is 0.378 e. The molecule has 0 N–H and O–H groups in total. The highest BCUT2D eigenvalue weighted by Crippen LogP contribution is 2.24. The van der Waals surface area contributed by atoms with Crippen LogP contribution in [0, 0.1) is 12.7 Å². The van der Waals surface area contributed by atoms with E-state index < -0.39 is 15.8 Å². The number of nitrogens with zero attached hydrogens (tertiary/aromatic N) is 1. The molecule has 19 heavy (non-hydrogen) atoms.